The van der Waals surface area contributed by atoms with Crippen LogP contribution in [0.3, 0.4) is 0 Å². The summed E-state index contributed by atoms with van der Waals surface area (Å²) in [4.78, 5) is 0. The summed E-state index contributed by atoms with van der Waals surface area (Å²) in [5.41, 5.74) is 0.603. The fraction of sp³-hybridized carbons (Fsp3) is 0.500. The van der Waals surface area contributed by atoms with Crippen LogP contribution in [0.2, 0.25) is 11.6 Å². The number of hydrogen-bond acceptors (Lipinski definition) is 0. The maximum absolute atomic E-state index is 6.84. The van der Waals surface area contributed by atoms with Gasteiger partial charge in [-0.05, 0) is 16.8 Å². The summed E-state index contributed by atoms with van der Waals surface area (Å²) in [6.07, 6.45) is 1.18. The predicted molar refractivity (Wildman–Crippen MR) is 67.9 cm³/mol. The zero-order chi connectivity index (χ0) is 10.6. The van der Waals surface area contributed by atoms with Crippen LogP contribution in [-0.4, -0.2) is 7.38 Å². The van der Waals surface area contributed by atoms with E-state index < -0.39 is 7.38 Å². The van der Waals surface area contributed by atoms with E-state index in [1.807, 2.05) is 0 Å². The Morgan fingerprint density at radius 1 is 1.21 bits per heavy atom. The van der Waals surface area contributed by atoms with Gasteiger partial charge in [-0.25, -0.2) is 0 Å². The molecule has 0 saturated carbocycles. The van der Waals surface area contributed by atoms with Gasteiger partial charge in [0.15, 0.2) is 7.38 Å². The first kappa shape index (κ1) is 11.8. The van der Waals surface area contributed by atoms with E-state index in [0.717, 1.165) is 0 Å². The molecule has 1 aromatic carbocycles. The molecule has 0 amide bonds. The van der Waals surface area contributed by atoms with Gasteiger partial charge in [-0.15, -0.1) is 0 Å². The largest absolute Gasteiger partial charge is 0.189 e. The van der Waals surface area contributed by atoms with Crippen molar-refractivity contribution in [1.29, 1.82) is 0 Å². The van der Waals surface area contributed by atoms with Crippen LogP contribution in [0, 0.1) is 0 Å². The highest BCUT2D eigenvalue weighted by Crippen LogP contribution is 2.29. The maximum atomic E-state index is 6.84. The van der Waals surface area contributed by atoms with E-state index in [9.17, 15) is 0 Å². The van der Waals surface area contributed by atoms with Gasteiger partial charge in [-0.3, -0.25) is 0 Å². The molecule has 0 fully saturated rings. The summed E-state index contributed by atoms with van der Waals surface area (Å²) in [6.45, 7) is 6.72. The molecule has 0 aliphatic heterocycles. The highest BCUT2D eigenvalue weighted by molar-refractivity contribution is 7.28. The summed E-state index contributed by atoms with van der Waals surface area (Å²) < 4.78 is 0. The maximum Gasteiger partial charge on any atom is 0.189 e. The zero-order valence-corrected chi connectivity index (χ0v) is 11.0. The van der Waals surface area contributed by atoms with E-state index in [1.54, 1.807) is 0 Å². The lowest BCUT2D eigenvalue weighted by atomic mass is 10.4. The van der Waals surface area contributed by atoms with Gasteiger partial charge in [0.05, 0.1) is 0 Å². The Labute approximate surface area is 93.0 Å². The molecular weight excluding hydrogens is 208 g/mol. The van der Waals surface area contributed by atoms with Crippen LogP contribution in [0.25, 0.3) is 0 Å². The van der Waals surface area contributed by atoms with Crippen LogP contribution in [0.1, 0.15) is 27.2 Å². The molecule has 0 aliphatic carbocycles. The number of benzene rings is 1. The molecule has 0 heterocycles. The third-order valence-corrected chi connectivity index (χ3v) is 9.66. The van der Waals surface area contributed by atoms with Gasteiger partial charge < -0.3 is 0 Å². The number of hydrogen-bond donors (Lipinski definition) is 0. The van der Waals surface area contributed by atoms with Crippen molar-refractivity contribution >= 4 is 23.6 Å². The lowest BCUT2D eigenvalue weighted by Gasteiger charge is -2.28. The van der Waals surface area contributed by atoms with Gasteiger partial charge in [0.1, 0.15) is 0 Å². The van der Waals surface area contributed by atoms with E-state index in [0.29, 0.717) is 5.54 Å². The van der Waals surface area contributed by atoms with Gasteiger partial charge in [-0.1, -0.05) is 57.5 Å². The summed E-state index contributed by atoms with van der Waals surface area (Å²) in [5, 5.41) is 1.39. The van der Waals surface area contributed by atoms with E-state index >= 15 is 0 Å². The lowest BCUT2D eigenvalue weighted by Crippen LogP contribution is -2.44. The molecule has 0 nitrogen and oxygen atoms in total. The third-order valence-electron chi connectivity index (χ3n) is 2.78. The van der Waals surface area contributed by atoms with Crippen molar-refractivity contribution in [3.8, 4) is 0 Å². The molecular formula is C12H19ClSi. The molecule has 0 bridgehead atoms. The van der Waals surface area contributed by atoms with E-state index in [1.165, 1.54) is 17.7 Å². The van der Waals surface area contributed by atoms with Crippen LogP contribution >= 0.6 is 11.1 Å². The monoisotopic (exact) mass is 226 g/mol. The second-order valence-corrected chi connectivity index (χ2v) is 10.1. The predicted octanol–water partition coefficient (Wildman–Crippen LogP) is 3.90. The van der Waals surface area contributed by atoms with Crippen LogP contribution in [0.5, 0.6) is 0 Å². The minimum Gasteiger partial charge on any atom is -0.161 e. The second kappa shape index (κ2) is 4.99. The molecule has 2 heteroatoms. The summed E-state index contributed by atoms with van der Waals surface area (Å²) in [5.74, 6) is 0. The molecule has 1 rings (SSSR count). The summed E-state index contributed by atoms with van der Waals surface area (Å²) >= 11 is 6.84. The Morgan fingerprint density at radius 2 is 1.79 bits per heavy atom. The normalized spacial score (nSPS) is 15.5. The molecule has 78 valence electrons. The minimum atomic E-state index is -1.73. The SMILES string of the molecule is CCC[Si](Cl)(c1ccccc1)C(C)C. The van der Waals surface area contributed by atoms with Gasteiger partial charge in [0, 0.05) is 0 Å². The third kappa shape index (κ3) is 2.40. The molecule has 0 N–H and O–H groups in total. The molecule has 1 atom stereocenters. The van der Waals surface area contributed by atoms with Crippen LogP contribution in [-0.2, 0) is 0 Å². The Bertz CT molecular complexity index is 271. The first-order valence-electron chi connectivity index (χ1n) is 5.35. The molecule has 1 unspecified atom stereocenters. The average Bonchev–Trinajstić information content (AvgIpc) is 2.19. The highest BCUT2D eigenvalue weighted by Gasteiger charge is 2.35. The van der Waals surface area contributed by atoms with E-state index in [-0.39, 0.29) is 0 Å². The first-order valence-corrected chi connectivity index (χ1v) is 8.65. The van der Waals surface area contributed by atoms with Crippen molar-refractivity contribution < 1.29 is 0 Å². The van der Waals surface area contributed by atoms with Gasteiger partial charge in [0.25, 0.3) is 0 Å². The molecule has 0 spiro atoms. The van der Waals surface area contributed by atoms with E-state index in [4.69, 9.17) is 11.1 Å². The Morgan fingerprint density at radius 3 is 2.21 bits per heavy atom. The van der Waals surface area contributed by atoms with Crippen LogP contribution in [0.4, 0.5) is 0 Å². The van der Waals surface area contributed by atoms with Crippen molar-refractivity contribution in [2.24, 2.45) is 0 Å². The van der Waals surface area contributed by atoms with Crippen molar-refractivity contribution in [3.05, 3.63) is 30.3 Å². The fourth-order valence-corrected chi connectivity index (χ4v) is 5.80. The second-order valence-electron chi connectivity index (χ2n) is 4.13. The van der Waals surface area contributed by atoms with Crippen molar-refractivity contribution in [1.82, 2.24) is 0 Å². The van der Waals surface area contributed by atoms with Crippen molar-refractivity contribution in [2.75, 3.05) is 0 Å². The average molecular weight is 227 g/mol. The molecule has 1 aromatic rings. The standard InChI is InChI=1S/C12H19ClSi/c1-4-10-14(13,11(2)3)12-8-6-5-7-9-12/h5-9,11H,4,10H2,1-3H3. The van der Waals surface area contributed by atoms with Gasteiger partial charge in [-0.2, -0.15) is 11.1 Å². The van der Waals surface area contributed by atoms with Crippen molar-refractivity contribution in [2.45, 2.75) is 38.8 Å². The fourth-order valence-electron chi connectivity index (χ4n) is 1.85. The first-order chi connectivity index (χ1) is 6.61. The molecule has 14 heavy (non-hydrogen) atoms. The smallest absolute Gasteiger partial charge is 0.161 e. The summed E-state index contributed by atoms with van der Waals surface area (Å²) in [6, 6.07) is 11.8. The Hall–Kier alpha value is -0.273. The minimum absolute atomic E-state index is 0.603. The zero-order valence-electron chi connectivity index (χ0n) is 9.26. The van der Waals surface area contributed by atoms with Gasteiger partial charge >= 0.3 is 0 Å². The van der Waals surface area contributed by atoms with Gasteiger partial charge in [0.2, 0.25) is 0 Å². The quantitative estimate of drug-likeness (QED) is 0.540. The molecule has 0 aliphatic rings. The topological polar surface area (TPSA) is 0 Å². The summed E-state index contributed by atoms with van der Waals surface area (Å²) in [7, 11) is -1.73. The molecule has 0 aromatic heterocycles. The van der Waals surface area contributed by atoms with Crippen LogP contribution in [0.15, 0.2) is 30.3 Å². The van der Waals surface area contributed by atoms with E-state index in [2.05, 4.69) is 51.1 Å². The number of rotatable bonds is 4. The Balaban J connectivity index is 2.99. The lowest BCUT2D eigenvalue weighted by molar-refractivity contribution is 0.974. The molecule has 0 saturated heterocycles. The van der Waals surface area contributed by atoms with Crippen LogP contribution < -0.4 is 5.19 Å². The van der Waals surface area contributed by atoms with Crippen molar-refractivity contribution in [3.63, 3.8) is 0 Å². The highest BCUT2D eigenvalue weighted by atomic mass is 35.6. The number of halogens is 1. The Kier molecular flexibility index (Phi) is 4.21. The molecule has 0 radical (unpaired) electrons.